The average molecular weight is 330 g/mol. The van der Waals surface area contributed by atoms with Gasteiger partial charge in [-0.1, -0.05) is 36.2 Å². The molecule has 1 N–H and O–H groups in total. The molecule has 1 heterocycles. The molecule has 0 aliphatic carbocycles. The van der Waals surface area contributed by atoms with Gasteiger partial charge in [0.2, 0.25) is 5.91 Å². The second kappa shape index (κ2) is 6.24. The number of carboxylic acids is 1. The molecule has 0 bridgehead atoms. The van der Waals surface area contributed by atoms with Crippen LogP contribution in [0.1, 0.15) is 31.7 Å². The van der Waals surface area contributed by atoms with Crippen molar-refractivity contribution in [2.45, 2.75) is 38.1 Å². The first-order valence-electron chi connectivity index (χ1n) is 6.89. The number of halogens is 2. The fourth-order valence-electron chi connectivity index (χ4n) is 2.93. The molecular formula is C15H17Cl2NO3. The number of hydrogen-bond donors (Lipinski definition) is 1. The Hall–Kier alpha value is -1.26. The van der Waals surface area contributed by atoms with Crippen LogP contribution in [0, 0.1) is 0 Å². The maximum absolute atomic E-state index is 12.5. The van der Waals surface area contributed by atoms with Crippen molar-refractivity contribution < 1.29 is 14.7 Å². The van der Waals surface area contributed by atoms with Gasteiger partial charge in [-0.05, 0) is 37.0 Å². The van der Waals surface area contributed by atoms with Crippen LogP contribution in [0.4, 0.5) is 0 Å². The summed E-state index contributed by atoms with van der Waals surface area (Å²) in [5, 5.41) is 10.4. The number of carbonyl (C=O) groups is 2. The summed E-state index contributed by atoms with van der Waals surface area (Å²) in [6.07, 6.45) is 1.60. The molecule has 1 fully saturated rings. The topological polar surface area (TPSA) is 57.6 Å². The molecule has 0 saturated carbocycles. The molecule has 0 aromatic heterocycles. The summed E-state index contributed by atoms with van der Waals surface area (Å²) >= 11 is 12.2. The molecular weight excluding hydrogens is 313 g/mol. The largest absolute Gasteiger partial charge is 0.479 e. The van der Waals surface area contributed by atoms with Crippen molar-refractivity contribution in [3.63, 3.8) is 0 Å². The molecule has 0 spiro atoms. The number of carbonyl (C=O) groups excluding carboxylic acids is 1. The van der Waals surface area contributed by atoms with Crippen LogP contribution >= 0.6 is 23.2 Å². The minimum atomic E-state index is -1.09. The molecule has 2 rings (SSSR count). The van der Waals surface area contributed by atoms with Crippen LogP contribution in [0.2, 0.25) is 10.0 Å². The smallest absolute Gasteiger partial charge is 0.329 e. The number of nitrogens with zero attached hydrogens (tertiary/aromatic N) is 1. The van der Waals surface area contributed by atoms with Crippen LogP contribution < -0.4 is 0 Å². The highest BCUT2D eigenvalue weighted by Gasteiger charge is 2.48. The van der Waals surface area contributed by atoms with E-state index in [1.165, 1.54) is 4.90 Å². The number of likely N-dealkylation sites (tertiary alicyclic amines) is 1. The second-order valence-corrected chi connectivity index (χ2v) is 6.03. The summed E-state index contributed by atoms with van der Waals surface area (Å²) in [6.45, 7) is 2.25. The normalized spacial score (nSPS) is 21.6. The standard InChI is InChI=1S/C15H17Cl2NO3/c1-2-15(14(20)21)7-4-8-18(15)13(19)9-10-11(16)5-3-6-12(10)17/h3,5-6H,2,4,7-9H2,1H3,(H,20,21). The maximum Gasteiger partial charge on any atom is 0.329 e. The summed E-state index contributed by atoms with van der Waals surface area (Å²) in [7, 11) is 0. The van der Waals surface area contributed by atoms with Gasteiger partial charge in [0.1, 0.15) is 5.54 Å². The first kappa shape index (κ1) is 16.1. The molecule has 1 aliphatic heterocycles. The maximum atomic E-state index is 12.5. The lowest BCUT2D eigenvalue weighted by atomic mass is 9.92. The number of rotatable bonds is 4. The van der Waals surface area contributed by atoms with Crippen molar-refractivity contribution in [1.82, 2.24) is 4.90 Å². The van der Waals surface area contributed by atoms with E-state index in [-0.39, 0.29) is 12.3 Å². The minimum Gasteiger partial charge on any atom is -0.479 e. The summed E-state index contributed by atoms with van der Waals surface area (Å²) in [6, 6.07) is 5.05. The molecule has 4 nitrogen and oxygen atoms in total. The van der Waals surface area contributed by atoms with Gasteiger partial charge >= 0.3 is 5.97 Å². The van der Waals surface area contributed by atoms with Crippen molar-refractivity contribution in [2.75, 3.05) is 6.54 Å². The molecule has 114 valence electrons. The number of hydrogen-bond acceptors (Lipinski definition) is 2. The van der Waals surface area contributed by atoms with E-state index in [9.17, 15) is 14.7 Å². The third-order valence-electron chi connectivity index (χ3n) is 4.16. The first-order chi connectivity index (χ1) is 9.92. The van der Waals surface area contributed by atoms with Crippen LogP contribution in [0.5, 0.6) is 0 Å². The van der Waals surface area contributed by atoms with Gasteiger partial charge in [-0.25, -0.2) is 4.79 Å². The van der Waals surface area contributed by atoms with E-state index in [2.05, 4.69) is 0 Å². The van der Waals surface area contributed by atoms with Crippen LogP contribution in [0.15, 0.2) is 18.2 Å². The predicted octanol–water partition coefficient (Wildman–Crippen LogP) is 3.39. The SMILES string of the molecule is CCC1(C(=O)O)CCCN1C(=O)Cc1c(Cl)cccc1Cl. The molecule has 1 amide bonds. The van der Waals surface area contributed by atoms with E-state index in [0.717, 1.165) is 0 Å². The Morgan fingerprint density at radius 3 is 2.48 bits per heavy atom. The van der Waals surface area contributed by atoms with Gasteiger partial charge in [0.15, 0.2) is 0 Å². The Morgan fingerprint density at radius 2 is 1.95 bits per heavy atom. The lowest BCUT2D eigenvalue weighted by molar-refractivity contribution is -0.156. The van der Waals surface area contributed by atoms with Gasteiger partial charge in [0, 0.05) is 16.6 Å². The fraction of sp³-hybridized carbons (Fsp3) is 0.467. The zero-order chi connectivity index (χ0) is 15.6. The Morgan fingerprint density at radius 1 is 1.33 bits per heavy atom. The Labute approximate surface area is 133 Å². The number of benzene rings is 1. The number of amides is 1. The van der Waals surface area contributed by atoms with Crippen LogP contribution in [0.3, 0.4) is 0 Å². The van der Waals surface area contributed by atoms with Crippen molar-refractivity contribution in [3.05, 3.63) is 33.8 Å². The third-order valence-corrected chi connectivity index (χ3v) is 4.87. The highest BCUT2D eigenvalue weighted by molar-refractivity contribution is 6.36. The molecule has 0 radical (unpaired) electrons. The molecule has 1 aliphatic rings. The minimum absolute atomic E-state index is 0.0214. The lowest BCUT2D eigenvalue weighted by Gasteiger charge is -2.34. The van der Waals surface area contributed by atoms with Crippen LogP contribution in [-0.4, -0.2) is 34.0 Å². The number of carboxylic acid groups (broad SMARTS) is 1. The monoisotopic (exact) mass is 329 g/mol. The summed E-state index contributed by atoms with van der Waals surface area (Å²) in [4.78, 5) is 25.6. The summed E-state index contributed by atoms with van der Waals surface area (Å²) in [5.41, 5.74) is -0.543. The first-order valence-corrected chi connectivity index (χ1v) is 7.64. The Kier molecular flexibility index (Phi) is 4.79. The highest BCUT2D eigenvalue weighted by atomic mass is 35.5. The van der Waals surface area contributed by atoms with Crippen LogP contribution in [-0.2, 0) is 16.0 Å². The average Bonchev–Trinajstić information content (AvgIpc) is 2.88. The molecule has 6 heteroatoms. The molecule has 1 atom stereocenters. The zero-order valence-corrected chi connectivity index (χ0v) is 13.2. The molecule has 1 saturated heterocycles. The van der Waals surface area contributed by atoms with E-state index in [4.69, 9.17) is 23.2 Å². The van der Waals surface area contributed by atoms with E-state index in [1.54, 1.807) is 25.1 Å². The van der Waals surface area contributed by atoms with Gasteiger partial charge in [-0.2, -0.15) is 0 Å². The van der Waals surface area contributed by atoms with Gasteiger partial charge < -0.3 is 10.0 Å². The van der Waals surface area contributed by atoms with Gasteiger partial charge in [-0.15, -0.1) is 0 Å². The van der Waals surface area contributed by atoms with Crippen molar-refractivity contribution in [2.24, 2.45) is 0 Å². The second-order valence-electron chi connectivity index (χ2n) is 5.22. The van der Waals surface area contributed by atoms with Crippen molar-refractivity contribution >= 4 is 35.1 Å². The van der Waals surface area contributed by atoms with Gasteiger partial charge in [-0.3, -0.25) is 4.79 Å². The summed E-state index contributed by atoms with van der Waals surface area (Å²) < 4.78 is 0. The molecule has 1 unspecified atom stereocenters. The fourth-order valence-corrected chi connectivity index (χ4v) is 3.46. The Bertz CT molecular complexity index is 556. The van der Waals surface area contributed by atoms with Gasteiger partial charge in [0.25, 0.3) is 0 Å². The van der Waals surface area contributed by atoms with Crippen molar-refractivity contribution in [3.8, 4) is 0 Å². The molecule has 1 aromatic carbocycles. The van der Waals surface area contributed by atoms with E-state index in [1.807, 2.05) is 0 Å². The molecule has 1 aromatic rings. The number of aliphatic carboxylic acids is 1. The third kappa shape index (κ3) is 2.87. The highest BCUT2D eigenvalue weighted by Crippen LogP contribution is 2.34. The van der Waals surface area contributed by atoms with E-state index >= 15 is 0 Å². The zero-order valence-electron chi connectivity index (χ0n) is 11.7. The summed E-state index contributed by atoms with van der Waals surface area (Å²) in [5.74, 6) is -1.19. The quantitative estimate of drug-likeness (QED) is 0.921. The predicted molar refractivity (Wildman–Crippen MR) is 81.8 cm³/mol. The van der Waals surface area contributed by atoms with E-state index in [0.29, 0.717) is 41.4 Å². The lowest BCUT2D eigenvalue weighted by Crippen LogP contribution is -2.53. The van der Waals surface area contributed by atoms with Crippen molar-refractivity contribution in [1.29, 1.82) is 0 Å². The molecule has 21 heavy (non-hydrogen) atoms. The Balaban J connectivity index is 2.26. The van der Waals surface area contributed by atoms with E-state index < -0.39 is 11.5 Å². The van der Waals surface area contributed by atoms with Gasteiger partial charge in [0.05, 0.1) is 6.42 Å². The van der Waals surface area contributed by atoms with Crippen LogP contribution in [0.25, 0.3) is 0 Å².